The quantitative estimate of drug-likeness (QED) is 0.0536. The summed E-state index contributed by atoms with van der Waals surface area (Å²) < 4.78 is 73.6. The number of hydrogen-bond acceptors (Lipinski definition) is 17. The number of nitrogens with one attached hydrogen (secondary N) is 3. The molecule has 0 saturated carbocycles. The van der Waals surface area contributed by atoms with Crippen molar-refractivity contribution in [1.29, 1.82) is 0 Å². The summed E-state index contributed by atoms with van der Waals surface area (Å²) in [4.78, 5) is 60.2. The van der Waals surface area contributed by atoms with Gasteiger partial charge in [-0.3, -0.25) is 14.1 Å². The molecule has 2 amide bonds. The summed E-state index contributed by atoms with van der Waals surface area (Å²) in [5, 5.41) is 32.0. The average Bonchev–Trinajstić information content (AvgIpc) is 3.62. The average molecular weight is 785 g/mol. The molecule has 51 heavy (non-hydrogen) atoms. The van der Waals surface area contributed by atoms with Gasteiger partial charge in [0.1, 0.15) is 24.1 Å². The second kappa shape index (κ2) is 15.2. The van der Waals surface area contributed by atoms with E-state index in [4.69, 9.17) is 29.8 Å². The zero-order valence-corrected chi connectivity index (χ0v) is 28.4. The van der Waals surface area contributed by atoms with Crippen molar-refractivity contribution < 1.29 is 69.4 Å². The number of nitrogens with zero attached hydrogens (tertiary/aromatic N) is 4. The van der Waals surface area contributed by atoms with Crippen LogP contribution in [-0.2, 0) is 38.7 Å². The predicted octanol–water partition coefficient (Wildman–Crippen LogP) is 0.445. The molecule has 278 valence electrons. The van der Waals surface area contributed by atoms with E-state index in [1.807, 2.05) is 0 Å². The zero-order valence-electron chi connectivity index (χ0n) is 25.9. The van der Waals surface area contributed by atoms with Gasteiger partial charge in [0.05, 0.1) is 21.8 Å². The smallest absolute Gasteiger partial charge is 0.489 e. The van der Waals surface area contributed by atoms with Gasteiger partial charge in [0.2, 0.25) is 0 Å². The third-order valence-corrected chi connectivity index (χ3v) is 8.72. The summed E-state index contributed by atoms with van der Waals surface area (Å²) in [5.74, 6) is -5.86. The summed E-state index contributed by atoms with van der Waals surface area (Å²) in [6.45, 7) is 3.94. The predicted molar refractivity (Wildman–Crippen MR) is 170 cm³/mol. The molecule has 2 saturated heterocycles. The molecular weight excluding hydrogens is 758 g/mol. The van der Waals surface area contributed by atoms with Gasteiger partial charge in [-0.2, -0.15) is 26.7 Å². The second-order valence-corrected chi connectivity index (χ2v) is 13.8. The first-order chi connectivity index (χ1) is 23.7. The SMILES string of the molecule is CC1(C)[C@H](NC(=O)/C(=N\OC(COc2ccc3nc(NC4CNC4)sc3c2)C(=O)O)c2csc(N)n2)C(=O)N1OS(=O)(=O)O.O=C(O)C(F)(F)F. The third-order valence-electron chi connectivity index (χ3n) is 6.76. The Morgan fingerprint density at radius 1 is 1.24 bits per heavy atom. The van der Waals surface area contributed by atoms with E-state index in [9.17, 15) is 41.1 Å². The first kappa shape index (κ1) is 38.9. The third kappa shape index (κ3) is 9.88. The highest BCUT2D eigenvalue weighted by Crippen LogP contribution is 2.33. The number of fused-ring (bicyclic) bond motifs is 1. The van der Waals surface area contributed by atoms with E-state index in [0.717, 1.165) is 39.8 Å². The fourth-order valence-electron chi connectivity index (χ4n) is 4.08. The lowest BCUT2D eigenvalue weighted by Crippen LogP contribution is -2.76. The van der Waals surface area contributed by atoms with E-state index in [1.165, 1.54) is 30.6 Å². The molecule has 0 radical (unpaired) electrons. The summed E-state index contributed by atoms with van der Waals surface area (Å²) in [6.07, 6.45) is -6.75. The van der Waals surface area contributed by atoms with Gasteiger partial charge in [-0.1, -0.05) is 16.5 Å². The van der Waals surface area contributed by atoms with E-state index in [0.29, 0.717) is 16.9 Å². The maximum Gasteiger partial charge on any atom is 0.490 e. The lowest BCUT2D eigenvalue weighted by Gasteiger charge is -2.50. The molecule has 2 aliphatic rings. The largest absolute Gasteiger partial charge is 0.490 e. The minimum atomic E-state index is -5.08. The number of amides is 2. The molecule has 1 aromatic carbocycles. The van der Waals surface area contributed by atoms with Crippen LogP contribution < -0.4 is 26.4 Å². The van der Waals surface area contributed by atoms with Crippen molar-refractivity contribution in [1.82, 2.24) is 25.7 Å². The Bertz CT molecular complexity index is 1950. The van der Waals surface area contributed by atoms with Crippen LogP contribution in [0.25, 0.3) is 10.2 Å². The molecule has 4 heterocycles. The van der Waals surface area contributed by atoms with Crippen molar-refractivity contribution in [3.8, 4) is 5.75 Å². The van der Waals surface area contributed by atoms with E-state index in [-0.39, 0.29) is 10.8 Å². The van der Waals surface area contributed by atoms with Gasteiger partial charge in [0.25, 0.3) is 17.9 Å². The molecule has 3 aromatic rings. The number of halogens is 3. The number of benzene rings is 1. The molecule has 20 nitrogen and oxygen atoms in total. The van der Waals surface area contributed by atoms with Gasteiger partial charge >= 0.3 is 28.5 Å². The number of carbonyl (C=O) groups excluding carboxylic acids is 2. The van der Waals surface area contributed by atoms with Crippen LogP contribution in [0.2, 0.25) is 0 Å². The monoisotopic (exact) mass is 784 g/mol. The molecule has 2 aliphatic heterocycles. The lowest BCUT2D eigenvalue weighted by molar-refractivity contribution is -0.218. The van der Waals surface area contributed by atoms with E-state index < -0.39 is 70.3 Å². The fraction of sp³-hybridized carbons (Fsp3) is 0.400. The number of thiazole rings is 2. The molecule has 2 atom stereocenters. The Morgan fingerprint density at radius 3 is 2.41 bits per heavy atom. The van der Waals surface area contributed by atoms with Crippen LogP contribution >= 0.6 is 22.7 Å². The maximum atomic E-state index is 13.2. The maximum absolute atomic E-state index is 13.2. The number of oxime groups is 1. The number of carboxylic acids is 2. The first-order valence-electron chi connectivity index (χ1n) is 14.0. The number of nitrogens with two attached hydrogens (primary N) is 1. The summed E-state index contributed by atoms with van der Waals surface area (Å²) in [7, 11) is -5.01. The first-order valence-corrected chi connectivity index (χ1v) is 17.0. The molecule has 26 heteroatoms. The molecule has 2 fully saturated rings. The van der Waals surface area contributed by atoms with Gasteiger partial charge in [0.15, 0.2) is 16.0 Å². The minimum Gasteiger partial charge on any atom is -0.489 e. The second-order valence-electron chi connectivity index (χ2n) is 10.9. The highest BCUT2D eigenvalue weighted by molar-refractivity contribution is 7.80. The number of hydrogen-bond donors (Lipinski definition) is 7. The van der Waals surface area contributed by atoms with Crippen LogP contribution in [0.15, 0.2) is 28.7 Å². The Kier molecular flexibility index (Phi) is 11.6. The minimum absolute atomic E-state index is 0.0626. The number of ether oxygens (including phenoxy) is 1. The van der Waals surface area contributed by atoms with Gasteiger partial charge in [-0.25, -0.2) is 19.6 Å². The van der Waals surface area contributed by atoms with Crippen LogP contribution in [0.3, 0.4) is 0 Å². The number of nitrogen functional groups attached to an aromatic ring is 1. The van der Waals surface area contributed by atoms with Crippen molar-refractivity contribution in [3.05, 3.63) is 29.3 Å². The summed E-state index contributed by atoms with van der Waals surface area (Å²) in [6, 6.07) is 4.06. The molecular formula is C25H27F3N8O12S3. The number of carbonyl (C=O) groups is 4. The topological polar surface area (TPSA) is 294 Å². The highest BCUT2D eigenvalue weighted by atomic mass is 32.3. The highest BCUT2D eigenvalue weighted by Gasteiger charge is 2.58. The number of aliphatic carboxylic acids is 2. The number of aromatic nitrogens is 2. The van der Waals surface area contributed by atoms with Gasteiger partial charge in [-0.05, 0) is 32.0 Å². The molecule has 0 bridgehead atoms. The van der Waals surface area contributed by atoms with Crippen LogP contribution in [-0.4, -0.2) is 117 Å². The number of carboxylic acid groups (broad SMARTS) is 2. The van der Waals surface area contributed by atoms with Crippen LogP contribution in [0.5, 0.6) is 5.75 Å². The fourth-order valence-corrected chi connectivity index (χ4v) is 6.05. The number of hydroxylamine groups is 2. The Labute approximate surface area is 292 Å². The van der Waals surface area contributed by atoms with Crippen molar-refractivity contribution in [2.45, 2.75) is 43.8 Å². The molecule has 5 rings (SSSR count). The number of β-lactam (4-membered cyclic amide) rings is 1. The zero-order chi connectivity index (χ0) is 37.9. The van der Waals surface area contributed by atoms with Crippen molar-refractivity contribution in [2.75, 3.05) is 30.7 Å². The van der Waals surface area contributed by atoms with Gasteiger partial charge in [0, 0.05) is 18.5 Å². The molecule has 8 N–H and O–H groups in total. The number of alkyl halides is 3. The molecule has 0 spiro atoms. The van der Waals surface area contributed by atoms with Crippen LogP contribution in [0, 0.1) is 0 Å². The lowest BCUT2D eigenvalue weighted by atomic mass is 9.84. The van der Waals surface area contributed by atoms with Crippen molar-refractivity contribution in [2.24, 2.45) is 5.16 Å². The van der Waals surface area contributed by atoms with Gasteiger partial charge in [-0.15, -0.1) is 15.6 Å². The summed E-state index contributed by atoms with van der Waals surface area (Å²) in [5.41, 5.74) is 4.41. The Morgan fingerprint density at radius 2 is 1.90 bits per heavy atom. The van der Waals surface area contributed by atoms with E-state index >= 15 is 0 Å². The Hall–Kier alpha value is -4.89. The number of rotatable bonds is 13. The van der Waals surface area contributed by atoms with Crippen LogP contribution in [0.1, 0.15) is 19.5 Å². The van der Waals surface area contributed by atoms with E-state index in [2.05, 4.69) is 35.4 Å². The van der Waals surface area contributed by atoms with Crippen molar-refractivity contribution in [3.63, 3.8) is 0 Å². The van der Waals surface area contributed by atoms with Crippen molar-refractivity contribution >= 4 is 83.0 Å². The standard InChI is InChI=1S/C23H26N8O10S3.C2HF3O2/c1-23(2)17(19(33)31(23)41-44(36,37)38)29-18(32)16(13-9-42-21(24)27-13)30-40-14(20(34)35)8-39-11-3-4-12-15(5-11)43-22(28-12)26-10-6-25-7-10;3-2(4,5)1(6)7/h3-5,9-10,14,17,25H,6-8H2,1-2H3,(H2,24,27)(H,26,28)(H,29,32)(H,34,35)(H,36,37,38);(H,6,7)/b30-16-;/t14?,17-;/m1./s1. The Balaban J connectivity index is 0.000000755. The van der Waals surface area contributed by atoms with Crippen LogP contribution in [0.4, 0.5) is 23.4 Å². The molecule has 0 aliphatic carbocycles. The summed E-state index contributed by atoms with van der Waals surface area (Å²) >= 11 is 2.39. The number of anilines is 2. The molecule has 1 unspecified atom stereocenters. The van der Waals surface area contributed by atoms with E-state index in [1.54, 1.807) is 18.2 Å². The molecule has 2 aromatic heterocycles. The normalized spacial score (nSPS) is 18.1. The van der Waals surface area contributed by atoms with Gasteiger partial charge < -0.3 is 41.5 Å².